The van der Waals surface area contributed by atoms with Gasteiger partial charge in [-0.25, -0.2) is 4.79 Å². The molecule has 9 nitrogen and oxygen atoms in total. The number of fused-ring (bicyclic) bond motifs is 1. The third-order valence-electron chi connectivity index (χ3n) is 7.00. The minimum absolute atomic E-state index is 0.0128. The summed E-state index contributed by atoms with van der Waals surface area (Å²) in [7, 11) is 8.71. The van der Waals surface area contributed by atoms with Gasteiger partial charge < -0.3 is 24.5 Å². The second-order valence-electron chi connectivity index (χ2n) is 9.87. The Labute approximate surface area is 232 Å². The van der Waals surface area contributed by atoms with E-state index in [-0.39, 0.29) is 24.3 Å². The second-order valence-corrected chi connectivity index (χ2v) is 10.7. The Morgan fingerprint density at radius 3 is 2.54 bits per heavy atom. The lowest BCUT2D eigenvalue weighted by Gasteiger charge is -2.29. The molecule has 0 bridgehead atoms. The number of hydrogen-bond donors (Lipinski definition) is 2. The van der Waals surface area contributed by atoms with Gasteiger partial charge in [-0.3, -0.25) is 9.36 Å². The van der Waals surface area contributed by atoms with Crippen molar-refractivity contribution in [3.63, 3.8) is 0 Å². The van der Waals surface area contributed by atoms with Crippen molar-refractivity contribution in [1.82, 2.24) is 15.2 Å². The predicted molar refractivity (Wildman–Crippen MR) is 151 cm³/mol. The Morgan fingerprint density at radius 1 is 1.23 bits per heavy atom. The van der Waals surface area contributed by atoms with E-state index in [0.717, 1.165) is 23.1 Å². The summed E-state index contributed by atoms with van der Waals surface area (Å²) in [6.45, 7) is 5.02. The first kappa shape index (κ1) is 30.3. The molecular formula is C29H37N4O5Si. The van der Waals surface area contributed by atoms with E-state index in [9.17, 15) is 14.9 Å². The van der Waals surface area contributed by atoms with Crippen molar-refractivity contribution in [3.05, 3.63) is 58.6 Å². The Balaban J connectivity index is 1.69. The van der Waals surface area contributed by atoms with Crippen LogP contribution < -0.4 is 16.4 Å². The number of methoxy groups -OCH3 is 1. The Hall–Kier alpha value is -3.23. The molecule has 1 amide bonds. The zero-order chi connectivity index (χ0) is 28.6. The van der Waals surface area contributed by atoms with E-state index in [0.29, 0.717) is 30.7 Å². The van der Waals surface area contributed by atoms with Crippen LogP contribution in [0.4, 0.5) is 0 Å². The van der Waals surface area contributed by atoms with E-state index in [1.165, 1.54) is 4.57 Å². The summed E-state index contributed by atoms with van der Waals surface area (Å²) in [4.78, 5) is 25.1. The van der Waals surface area contributed by atoms with Crippen LogP contribution in [0.15, 0.2) is 51.7 Å². The van der Waals surface area contributed by atoms with Crippen molar-refractivity contribution in [2.45, 2.75) is 50.5 Å². The molecule has 0 aliphatic rings. The standard InChI is InChI=1S/C29H37N4O5Si/c1-6-19(2)26(37-14-13-23(36-5)17-31-3)27(34)32-29(39,18-30)16-20-7-9-21(10-8-20)22-11-12-25-24(15-22)33(4)28(35)38-25/h7-12,15,19,23,26,31H,6,13-14,16-17H2,1-5H3,(H,32,34)/t19?,23?,26?,29-/m0/s1. The van der Waals surface area contributed by atoms with Crippen molar-refractivity contribution >= 4 is 27.2 Å². The fraction of sp³-hybridized carbons (Fsp3) is 0.483. The number of amides is 1. The first-order valence-electron chi connectivity index (χ1n) is 13.1. The monoisotopic (exact) mass is 549 g/mol. The highest BCUT2D eigenvalue weighted by atomic mass is 28.1. The van der Waals surface area contributed by atoms with Gasteiger partial charge in [-0.2, -0.15) is 5.26 Å². The maximum atomic E-state index is 13.3. The third kappa shape index (κ3) is 7.67. The number of benzene rings is 2. The van der Waals surface area contributed by atoms with Crippen LogP contribution in [-0.2, 0) is 27.7 Å². The van der Waals surface area contributed by atoms with Crippen molar-refractivity contribution in [1.29, 1.82) is 5.26 Å². The molecule has 3 aromatic rings. The summed E-state index contributed by atoms with van der Waals surface area (Å²) in [6, 6.07) is 15.5. The van der Waals surface area contributed by atoms with Crippen LogP contribution in [-0.4, -0.2) is 65.4 Å². The number of nitrogens with one attached hydrogen (secondary N) is 2. The highest BCUT2D eigenvalue weighted by molar-refractivity contribution is 6.19. The van der Waals surface area contributed by atoms with Crippen LogP contribution >= 0.6 is 0 Å². The number of ether oxygens (including phenoxy) is 2. The SMILES string of the molecule is CCC(C)C(OCCC(CNC)OC)C(=O)N[C@@]([Si])(C#N)Cc1ccc(-c2ccc3oc(=O)n(C)c3c2)cc1. The molecule has 1 aromatic heterocycles. The van der Waals surface area contributed by atoms with E-state index in [1.54, 1.807) is 20.2 Å². The molecule has 2 aromatic carbocycles. The normalized spacial score (nSPS) is 15.3. The number of nitriles is 1. The average Bonchev–Trinajstić information content (AvgIpc) is 3.22. The van der Waals surface area contributed by atoms with E-state index in [1.807, 2.05) is 57.3 Å². The number of rotatable bonds is 14. The number of likely N-dealkylation sites (N-methyl/N-ethyl adjacent to an activating group) is 1. The Kier molecular flexibility index (Phi) is 10.7. The first-order chi connectivity index (χ1) is 18.6. The van der Waals surface area contributed by atoms with Gasteiger partial charge in [0.2, 0.25) is 5.91 Å². The van der Waals surface area contributed by atoms with Crippen LogP contribution in [0, 0.1) is 17.2 Å². The van der Waals surface area contributed by atoms with Gasteiger partial charge in [0.15, 0.2) is 5.58 Å². The summed E-state index contributed by atoms with van der Waals surface area (Å²) in [6.07, 6.45) is 0.945. The van der Waals surface area contributed by atoms with E-state index in [2.05, 4.69) is 26.9 Å². The molecule has 0 saturated carbocycles. The summed E-state index contributed by atoms with van der Waals surface area (Å²) in [5, 5.41) is 14.6. The highest BCUT2D eigenvalue weighted by Gasteiger charge is 2.33. The Morgan fingerprint density at radius 2 is 1.92 bits per heavy atom. The number of aromatic nitrogens is 1. The number of oxazole rings is 1. The summed E-state index contributed by atoms with van der Waals surface area (Å²) in [5.41, 5.74) is 4.00. The zero-order valence-electron chi connectivity index (χ0n) is 23.2. The highest BCUT2D eigenvalue weighted by Crippen LogP contribution is 2.25. The molecule has 39 heavy (non-hydrogen) atoms. The van der Waals surface area contributed by atoms with Gasteiger partial charge in [0.25, 0.3) is 0 Å². The molecule has 3 unspecified atom stereocenters. The Bertz CT molecular complexity index is 1350. The lowest BCUT2D eigenvalue weighted by atomic mass is 9.98. The molecule has 2 N–H and O–H groups in total. The second kappa shape index (κ2) is 13.7. The summed E-state index contributed by atoms with van der Waals surface area (Å²) < 4.78 is 18.1. The molecule has 0 fully saturated rings. The average molecular weight is 550 g/mol. The number of aryl methyl sites for hydroxylation is 1. The quantitative estimate of drug-likeness (QED) is 0.297. The summed E-state index contributed by atoms with van der Waals surface area (Å²) in [5.74, 6) is -0.770. The number of nitrogens with zero attached hydrogens (tertiary/aromatic N) is 2. The van der Waals surface area contributed by atoms with Crippen LogP contribution in [0.25, 0.3) is 22.2 Å². The van der Waals surface area contributed by atoms with E-state index >= 15 is 0 Å². The van der Waals surface area contributed by atoms with E-state index < -0.39 is 17.0 Å². The maximum Gasteiger partial charge on any atom is 0.419 e. The molecule has 3 rings (SSSR count). The molecule has 0 saturated heterocycles. The molecule has 10 heteroatoms. The van der Waals surface area contributed by atoms with Crippen LogP contribution in [0.5, 0.6) is 0 Å². The van der Waals surface area contributed by atoms with Gasteiger partial charge in [-0.15, -0.1) is 0 Å². The minimum atomic E-state index is -1.30. The molecule has 4 atom stereocenters. The van der Waals surface area contributed by atoms with Crippen LogP contribution in [0.3, 0.4) is 0 Å². The zero-order valence-corrected chi connectivity index (χ0v) is 24.2. The van der Waals surface area contributed by atoms with Crippen molar-refractivity contribution < 1.29 is 18.7 Å². The van der Waals surface area contributed by atoms with Gasteiger partial charge in [-0.1, -0.05) is 50.6 Å². The molecule has 1 heterocycles. The fourth-order valence-electron chi connectivity index (χ4n) is 4.39. The number of carbonyl (C=O) groups is 1. The molecule has 0 aliphatic heterocycles. The smallest absolute Gasteiger partial charge is 0.408 e. The lowest BCUT2D eigenvalue weighted by Crippen LogP contribution is -2.54. The van der Waals surface area contributed by atoms with E-state index in [4.69, 9.17) is 13.9 Å². The largest absolute Gasteiger partial charge is 0.419 e. The van der Waals surface area contributed by atoms with Gasteiger partial charge in [0.05, 0.1) is 34.5 Å². The summed E-state index contributed by atoms with van der Waals surface area (Å²) >= 11 is 0. The van der Waals surface area contributed by atoms with Gasteiger partial charge in [0, 0.05) is 27.1 Å². The molecule has 207 valence electrons. The molecule has 0 spiro atoms. The molecule has 0 aliphatic carbocycles. The van der Waals surface area contributed by atoms with Crippen molar-refractivity contribution in [2.24, 2.45) is 13.0 Å². The topological polar surface area (TPSA) is 119 Å². The third-order valence-corrected chi connectivity index (χ3v) is 7.41. The number of hydrogen-bond acceptors (Lipinski definition) is 7. The van der Waals surface area contributed by atoms with Crippen LogP contribution in [0.1, 0.15) is 32.3 Å². The van der Waals surface area contributed by atoms with Crippen LogP contribution in [0.2, 0.25) is 0 Å². The maximum absolute atomic E-state index is 13.3. The van der Waals surface area contributed by atoms with Gasteiger partial charge >= 0.3 is 5.76 Å². The van der Waals surface area contributed by atoms with Crippen molar-refractivity contribution in [3.8, 4) is 17.2 Å². The lowest BCUT2D eigenvalue weighted by molar-refractivity contribution is -0.137. The molecule has 3 radical (unpaired) electrons. The molecular weight excluding hydrogens is 512 g/mol. The van der Waals surface area contributed by atoms with Gasteiger partial charge in [0.1, 0.15) is 11.3 Å². The predicted octanol–water partition coefficient (Wildman–Crippen LogP) is 2.90. The minimum Gasteiger partial charge on any atom is -0.408 e. The van der Waals surface area contributed by atoms with Gasteiger partial charge in [-0.05, 0) is 48.2 Å². The fourth-order valence-corrected chi connectivity index (χ4v) is 4.72. The van der Waals surface area contributed by atoms with Crippen molar-refractivity contribution in [2.75, 3.05) is 27.3 Å². The first-order valence-corrected chi connectivity index (χ1v) is 13.6. The number of carbonyl (C=O) groups excluding carboxylic acids is 1.